The van der Waals surface area contributed by atoms with Gasteiger partial charge in [-0.15, -0.1) is 0 Å². The Hall–Kier alpha value is -1.64. The summed E-state index contributed by atoms with van der Waals surface area (Å²) in [6.45, 7) is 14.1. The minimum Gasteiger partial charge on any atom is -0.379 e. The Kier molecular flexibility index (Phi) is 8.76. The molecule has 164 valence electrons. The van der Waals surface area contributed by atoms with Crippen LogP contribution in [0.2, 0.25) is 0 Å². The summed E-state index contributed by atoms with van der Waals surface area (Å²) in [5.41, 5.74) is 1.000. The Morgan fingerprint density at radius 1 is 1.14 bits per heavy atom. The van der Waals surface area contributed by atoms with Crippen molar-refractivity contribution < 1.29 is 9.26 Å². The quantitative estimate of drug-likeness (QED) is 0.518. The average Bonchev–Trinajstić information content (AvgIpc) is 3.28. The monoisotopic (exact) mass is 406 g/mol. The maximum Gasteiger partial charge on any atom is 0.193 e. The summed E-state index contributed by atoms with van der Waals surface area (Å²) in [4.78, 5) is 12.0. The molecule has 2 fully saturated rings. The third-order valence-electron chi connectivity index (χ3n) is 6.34. The third kappa shape index (κ3) is 6.17. The van der Waals surface area contributed by atoms with Crippen LogP contribution in [0.25, 0.3) is 0 Å². The van der Waals surface area contributed by atoms with E-state index in [9.17, 15) is 0 Å². The molecule has 1 unspecified atom stereocenters. The second-order valence-electron chi connectivity index (χ2n) is 7.97. The molecular weight excluding hydrogens is 368 g/mol. The highest BCUT2D eigenvalue weighted by Crippen LogP contribution is 2.20. The molecule has 2 saturated heterocycles. The van der Waals surface area contributed by atoms with Crippen LogP contribution >= 0.6 is 0 Å². The molecule has 3 rings (SSSR count). The van der Waals surface area contributed by atoms with E-state index in [1.54, 1.807) is 6.26 Å². The highest BCUT2D eigenvalue weighted by Gasteiger charge is 2.28. The van der Waals surface area contributed by atoms with Crippen LogP contribution in [0.3, 0.4) is 0 Å². The standard InChI is InChI=1S/C21H38N6O2/c1-4-18(5-2)20(26-11-14-28-15-12-26)16-23-21(22-3)27-9-7-25(8-10-27)17-19-6-13-29-24-19/h6,13,18,20H,4-5,7-12,14-17H2,1-3H3,(H,22,23). The van der Waals surface area contributed by atoms with Crippen LogP contribution in [0.4, 0.5) is 0 Å². The van der Waals surface area contributed by atoms with E-state index in [-0.39, 0.29) is 0 Å². The molecule has 0 bridgehead atoms. The number of hydrogen-bond acceptors (Lipinski definition) is 6. The molecule has 0 spiro atoms. The molecule has 0 saturated carbocycles. The molecule has 8 nitrogen and oxygen atoms in total. The number of nitrogens with zero attached hydrogens (tertiary/aromatic N) is 5. The smallest absolute Gasteiger partial charge is 0.193 e. The fourth-order valence-corrected chi connectivity index (χ4v) is 4.53. The Balaban J connectivity index is 1.51. The van der Waals surface area contributed by atoms with Crippen molar-refractivity contribution >= 4 is 5.96 Å². The zero-order chi connectivity index (χ0) is 20.5. The fraction of sp³-hybridized carbons (Fsp3) is 0.810. The van der Waals surface area contributed by atoms with E-state index in [2.05, 4.69) is 44.0 Å². The van der Waals surface area contributed by atoms with Crippen molar-refractivity contribution in [3.05, 3.63) is 18.0 Å². The van der Waals surface area contributed by atoms with Crippen molar-refractivity contribution in [2.75, 3.05) is 66.1 Å². The molecule has 1 atom stereocenters. The van der Waals surface area contributed by atoms with Crippen molar-refractivity contribution in [2.45, 2.75) is 39.3 Å². The summed E-state index contributed by atoms with van der Waals surface area (Å²) in [5, 5.41) is 7.72. The van der Waals surface area contributed by atoms with Gasteiger partial charge in [-0.3, -0.25) is 14.8 Å². The van der Waals surface area contributed by atoms with E-state index in [0.29, 0.717) is 12.0 Å². The zero-order valence-corrected chi connectivity index (χ0v) is 18.3. The SMILES string of the molecule is CCC(CC)C(CNC(=NC)N1CCN(Cc2ccon2)CC1)N1CCOCC1. The molecular formula is C21H38N6O2. The van der Waals surface area contributed by atoms with Crippen molar-refractivity contribution in [1.82, 2.24) is 25.2 Å². The van der Waals surface area contributed by atoms with Crippen LogP contribution < -0.4 is 5.32 Å². The van der Waals surface area contributed by atoms with E-state index in [4.69, 9.17) is 9.26 Å². The number of guanidine groups is 1. The van der Waals surface area contributed by atoms with Gasteiger partial charge in [-0.2, -0.15) is 0 Å². The Labute approximate surface area is 175 Å². The van der Waals surface area contributed by atoms with Gasteiger partial charge in [0.15, 0.2) is 5.96 Å². The van der Waals surface area contributed by atoms with Gasteiger partial charge in [0.1, 0.15) is 6.26 Å². The highest BCUT2D eigenvalue weighted by molar-refractivity contribution is 5.80. The number of rotatable bonds is 8. The largest absolute Gasteiger partial charge is 0.379 e. The van der Waals surface area contributed by atoms with Gasteiger partial charge in [0, 0.05) is 71.5 Å². The van der Waals surface area contributed by atoms with Crippen molar-refractivity contribution in [3.63, 3.8) is 0 Å². The lowest BCUT2D eigenvalue weighted by Gasteiger charge is -2.40. The highest BCUT2D eigenvalue weighted by atomic mass is 16.5. The molecule has 1 aromatic heterocycles. The van der Waals surface area contributed by atoms with Gasteiger partial charge in [-0.1, -0.05) is 31.8 Å². The number of ether oxygens (including phenoxy) is 1. The lowest BCUT2D eigenvalue weighted by Crippen LogP contribution is -2.56. The Morgan fingerprint density at radius 3 is 2.45 bits per heavy atom. The first-order chi connectivity index (χ1) is 14.2. The fourth-order valence-electron chi connectivity index (χ4n) is 4.53. The summed E-state index contributed by atoms with van der Waals surface area (Å²) in [6.07, 6.45) is 4.06. The molecule has 1 aromatic rings. The third-order valence-corrected chi connectivity index (χ3v) is 6.34. The first-order valence-corrected chi connectivity index (χ1v) is 11.1. The normalized spacial score (nSPS) is 21.0. The molecule has 0 amide bonds. The number of hydrogen-bond donors (Lipinski definition) is 1. The second-order valence-corrected chi connectivity index (χ2v) is 7.97. The number of piperazine rings is 1. The van der Waals surface area contributed by atoms with Crippen LogP contribution in [0, 0.1) is 5.92 Å². The second kappa shape index (κ2) is 11.5. The van der Waals surface area contributed by atoms with Crippen molar-refractivity contribution in [3.8, 4) is 0 Å². The molecule has 1 N–H and O–H groups in total. The van der Waals surface area contributed by atoms with Crippen LogP contribution in [-0.4, -0.2) is 97.9 Å². The summed E-state index contributed by atoms with van der Waals surface area (Å²) in [5.74, 6) is 1.72. The summed E-state index contributed by atoms with van der Waals surface area (Å²) >= 11 is 0. The molecule has 2 aliphatic rings. The molecule has 3 heterocycles. The average molecular weight is 407 g/mol. The predicted molar refractivity (Wildman–Crippen MR) is 115 cm³/mol. The van der Waals surface area contributed by atoms with Crippen LogP contribution in [-0.2, 0) is 11.3 Å². The number of aliphatic imine (C=N–C) groups is 1. The minimum absolute atomic E-state index is 0.527. The maximum absolute atomic E-state index is 5.58. The molecule has 29 heavy (non-hydrogen) atoms. The van der Waals surface area contributed by atoms with Gasteiger partial charge in [0.25, 0.3) is 0 Å². The lowest BCUT2D eigenvalue weighted by atomic mass is 9.92. The van der Waals surface area contributed by atoms with E-state index in [1.165, 1.54) is 12.8 Å². The molecule has 2 aliphatic heterocycles. The van der Waals surface area contributed by atoms with Crippen molar-refractivity contribution in [1.29, 1.82) is 0 Å². The van der Waals surface area contributed by atoms with Gasteiger partial charge >= 0.3 is 0 Å². The number of morpholine rings is 1. The van der Waals surface area contributed by atoms with Gasteiger partial charge in [0.05, 0.1) is 18.9 Å². The number of nitrogens with one attached hydrogen (secondary N) is 1. The molecule has 0 radical (unpaired) electrons. The van der Waals surface area contributed by atoms with Gasteiger partial charge in [-0.25, -0.2) is 0 Å². The van der Waals surface area contributed by atoms with Crippen LogP contribution in [0.15, 0.2) is 21.8 Å². The van der Waals surface area contributed by atoms with E-state index in [1.807, 2.05) is 13.1 Å². The lowest BCUT2D eigenvalue weighted by molar-refractivity contribution is 0.00254. The topological polar surface area (TPSA) is 69.4 Å². The van der Waals surface area contributed by atoms with Gasteiger partial charge in [0.2, 0.25) is 0 Å². The predicted octanol–water partition coefficient (Wildman–Crippen LogP) is 1.50. The van der Waals surface area contributed by atoms with Crippen LogP contribution in [0.5, 0.6) is 0 Å². The van der Waals surface area contributed by atoms with Gasteiger partial charge < -0.3 is 19.5 Å². The Morgan fingerprint density at radius 2 is 1.86 bits per heavy atom. The van der Waals surface area contributed by atoms with Gasteiger partial charge in [-0.05, 0) is 5.92 Å². The van der Waals surface area contributed by atoms with E-state index in [0.717, 1.165) is 77.2 Å². The molecule has 8 heteroatoms. The minimum atomic E-state index is 0.527. The molecule has 0 aromatic carbocycles. The Bertz CT molecular complexity index is 590. The zero-order valence-electron chi connectivity index (χ0n) is 18.3. The summed E-state index contributed by atoms with van der Waals surface area (Å²) in [6, 6.07) is 2.47. The van der Waals surface area contributed by atoms with Crippen LogP contribution in [0.1, 0.15) is 32.4 Å². The van der Waals surface area contributed by atoms with E-state index >= 15 is 0 Å². The number of aromatic nitrogens is 1. The summed E-state index contributed by atoms with van der Waals surface area (Å²) < 4.78 is 10.5. The molecule has 0 aliphatic carbocycles. The maximum atomic E-state index is 5.58. The first kappa shape index (κ1) is 22.1. The van der Waals surface area contributed by atoms with Crippen molar-refractivity contribution in [2.24, 2.45) is 10.9 Å². The first-order valence-electron chi connectivity index (χ1n) is 11.1. The summed E-state index contributed by atoms with van der Waals surface area (Å²) in [7, 11) is 1.89. The van der Waals surface area contributed by atoms with E-state index < -0.39 is 0 Å².